The average molecular weight is 624 g/mol. The van der Waals surface area contributed by atoms with Crippen molar-refractivity contribution in [3.05, 3.63) is 57.2 Å². The van der Waals surface area contributed by atoms with Crippen LogP contribution in [0.3, 0.4) is 0 Å². The Morgan fingerprint density at radius 3 is 2.39 bits per heavy atom. The van der Waals surface area contributed by atoms with Gasteiger partial charge < -0.3 is 5.32 Å². The maximum Gasteiger partial charge on any atom is 0.264 e. The molecule has 3 N–H and O–H groups in total. The van der Waals surface area contributed by atoms with Crippen LogP contribution in [0.25, 0.3) is 0 Å². The molecule has 1 fully saturated rings. The monoisotopic (exact) mass is 624 g/mol. The summed E-state index contributed by atoms with van der Waals surface area (Å²) in [6.07, 6.45) is 2.27. The molecule has 0 aromatic heterocycles. The first-order valence-electron chi connectivity index (χ1n) is 11.5. The molecule has 0 bridgehead atoms. The van der Waals surface area contributed by atoms with Crippen molar-refractivity contribution < 1.29 is 27.6 Å². The minimum Gasteiger partial charge on any atom is -0.384 e. The summed E-state index contributed by atoms with van der Waals surface area (Å²) in [7, 11) is -3.54. The number of imide groups is 2. The summed E-state index contributed by atoms with van der Waals surface area (Å²) in [5.41, 5.74) is 0.942. The third-order valence-corrected chi connectivity index (χ3v) is 8.25. The highest BCUT2D eigenvalue weighted by atomic mass is 127. The number of rotatable bonds is 10. The van der Waals surface area contributed by atoms with E-state index in [1.165, 1.54) is 0 Å². The number of benzene rings is 2. The fraction of sp³-hybridized carbons (Fsp3) is 0.333. The van der Waals surface area contributed by atoms with Gasteiger partial charge in [0.05, 0.1) is 16.0 Å². The first-order chi connectivity index (χ1) is 17.2. The number of anilines is 1. The van der Waals surface area contributed by atoms with E-state index < -0.39 is 39.7 Å². The molecule has 0 saturated carbocycles. The normalized spacial score (nSPS) is 17.8. The van der Waals surface area contributed by atoms with Crippen molar-refractivity contribution in [1.82, 2.24) is 14.9 Å². The highest BCUT2D eigenvalue weighted by Crippen LogP contribution is 2.32. The van der Waals surface area contributed by atoms with Crippen LogP contribution < -0.4 is 15.4 Å². The van der Waals surface area contributed by atoms with Crippen molar-refractivity contribution in [2.45, 2.75) is 43.0 Å². The predicted molar refractivity (Wildman–Crippen MR) is 140 cm³/mol. The molecular formula is C24H25IN4O6S. The van der Waals surface area contributed by atoms with Gasteiger partial charge >= 0.3 is 0 Å². The minimum atomic E-state index is -3.54. The van der Waals surface area contributed by atoms with E-state index in [1.807, 2.05) is 0 Å². The number of hydrogen-bond donors (Lipinski definition) is 3. The summed E-state index contributed by atoms with van der Waals surface area (Å²) >= 11 is 2.11. The van der Waals surface area contributed by atoms with Crippen LogP contribution in [-0.2, 0) is 19.6 Å². The Labute approximate surface area is 222 Å². The van der Waals surface area contributed by atoms with Gasteiger partial charge in [0, 0.05) is 28.8 Å². The van der Waals surface area contributed by atoms with Crippen LogP contribution in [0.15, 0.2) is 47.4 Å². The molecule has 2 heterocycles. The molecule has 2 aromatic rings. The largest absolute Gasteiger partial charge is 0.384 e. The van der Waals surface area contributed by atoms with Gasteiger partial charge in [-0.2, -0.15) is 0 Å². The lowest BCUT2D eigenvalue weighted by Gasteiger charge is -2.27. The molecule has 0 spiro atoms. The molecule has 12 heteroatoms. The molecule has 2 aliphatic rings. The highest BCUT2D eigenvalue weighted by Gasteiger charge is 2.45. The molecule has 0 radical (unpaired) electrons. The zero-order valence-electron chi connectivity index (χ0n) is 19.3. The lowest BCUT2D eigenvalue weighted by Crippen LogP contribution is -2.54. The van der Waals surface area contributed by atoms with Gasteiger partial charge in [-0.1, -0.05) is 12.5 Å². The number of halogens is 1. The Kier molecular flexibility index (Phi) is 8.05. The van der Waals surface area contributed by atoms with Crippen LogP contribution >= 0.6 is 22.6 Å². The molecule has 2 aromatic carbocycles. The molecule has 36 heavy (non-hydrogen) atoms. The Morgan fingerprint density at radius 2 is 1.67 bits per heavy atom. The van der Waals surface area contributed by atoms with E-state index in [2.05, 4.69) is 37.9 Å². The van der Waals surface area contributed by atoms with E-state index in [4.69, 9.17) is 0 Å². The zero-order valence-corrected chi connectivity index (χ0v) is 22.2. The number of carbonyl (C=O) groups is 4. The number of sulfonamides is 1. The molecular weight excluding hydrogens is 599 g/mol. The van der Waals surface area contributed by atoms with E-state index in [9.17, 15) is 27.6 Å². The van der Waals surface area contributed by atoms with Gasteiger partial charge in [-0.3, -0.25) is 29.4 Å². The molecule has 1 atom stereocenters. The molecule has 4 amide bonds. The second kappa shape index (κ2) is 11.0. The Hall–Kier alpha value is -2.84. The highest BCUT2D eigenvalue weighted by molar-refractivity contribution is 14.1. The molecule has 2 aliphatic heterocycles. The number of nitrogens with zero attached hydrogens (tertiary/aromatic N) is 1. The Balaban J connectivity index is 1.28. The summed E-state index contributed by atoms with van der Waals surface area (Å²) in [5.74, 6) is -2.17. The van der Waals surface area contributed by atoms with Gasteiger partial charge in [0.25, 0.3) is 11.8 Å². The van der Waals surface area contributed by atoms with Gasteiger partial charge in [-0.15, -0.1) is 0 Å². The first-order valence-corrected chi connectivity index (χ1v) is 14.1. The lowest BCUT2D eigenvalue weighted by atomic mass is 10.0. The third-order valence-electron chi connectivity index (χ3n) is 6.05. The second-order valence-electron chi connectivity index (χ2n) is 8.51. The van der Waals surface area contributed by atoms with Crippen LogP contribution in [0.5, 0.6) is 0 Å². The standard InChI is InChI=1S/C24H25IN4O6S/c25-15-7-9-16(10-8-15)36(34,35)27-14-3-1-2-13-26-18-6-4-5-17-21(18)24(33)29(23(17)32)19-11-12-20(30)28-22(19)31/h4-10,19,26-27H,1-3,11-14H2,(H,28,30,31). The van der Waals surface area contributed by atoms with E-state index in [0.717, 1.165) is 14.9 Å². The van der Waals surface area contributed by atoms with Gasteiger partial charge in [0.15, 0.2) is 0 Å². The van der Waals surface area contributed by atoms with Crippen LogP contribution in [0.2, 0.25) is 0 Å². The van der Waals surface area contributed by atoms with Crippen molar-refractivity contribution in [1.29, 1.82) is 0 Å². The van der Waals surface area contributed by atoms with Gasteiger partial charge in [0.2, 0.25) is 21.8 Å². The van der Waals surface area contributed by atoms with E-state index in [0.29, 0.717) is 31.6 Å². The molecule has 1 saturated heterocycles. The van der Waals surface area contributed by atoms with E-state index >= 15 is 0 Å². The SMILES string of the molecule is O=C1CCC(N2C(=O)c3cccc(NCCCCCNS(=O)(=O)c4ccc(I)cc4)c3C2=O)C(=O)N1. The predicted octanol–water partition coefficient (Wildman–Crippen LogP) is 2.25. The summed E-state index contributed by atoms with van der Waals surface area (Å²) in [5, 5.41) is 5.37. The number of piperidine rings is 1. The van der Waals surface area contributed by atoms with Crippen LogP contribution in [0, 0.1) is 3.57 Å². The smallest absolute Gasteiger partial charge is 0.264 e. The quantitative estimate of drug-likeness (QED) is 0.209. The molecule has 0 aliphatic carbocycles. The second-order valence-corrected chi connectivity index (χ2v) is 11.5. The topological polar surface area (TPSA) is 142 Å². The molecule has 1 unspecified atom stereocenters. The lowest BCUT2D eigenvalue weighted by molar-refractivity contribution is -0.136. The van der Waals surface area contributed by atoms with Gasteiger partial charge in [-0.25, -0.2) is 13.1 Å². The van der Waals surface area contributed by atoms with E-state index in [1.54, 1.807) is 42.5 Å². The van der Waals surface area contributed by atoms with Crippen molar-refractivity contribution in [2.75, 3.05) is 18.4 Å². The molecule has 10 nitrogen and oxygen atoms in total. The summed E-state index contributed by atoms with van der Waals surface area (Å²) in [4.78, 5) is 50.8. The third kappa shape index (κ3) is 5.60. The van der Waals surface area contributed by atoms with Crippen LogP contribution in [-0.4, -0.2) is 56.1 Å². The van der Waals surface area contributed by atoms with Crippen molar-refractivity contribution >= 4 is 61.9 Å². The van der Waals surface area contributed by atoms with Gasteiger partial charge in [0.1, 0.15) is 6.04 Å². The maximum atomic E-state index is 13.1. The minimum absolute atomic E-state index is 0.0653. The summed E-state index contributed by atoms with van der Waals surface area (Å²) < 4.78 is 28.2. The maximum absolute atomic E-state index is 13.1. The number of carbonyl (C=O) groups excluding carboxylic acids is 4. The first kappa shape index (κ1) is 26.2. The fourth-order valence-corrected chi connectivity index (χ4v) is 5.65. The number of unbranched alkanes of at least 4 members (excludes halogenated alkanes) is 2. The average Bonchev–Trinajstić information content (AvgIpc) is 3.09. The van der Waals surface area contributed by atoms with Gasteiger partial charge in [-0.05, 0) is 78.3 Å². The fourth-order valence-electron chi connectivity index (χ4n) is 4.22. The van der Waals surface area contributed by atoms with Crippen molar-refractivity contribution in [2.24, 2.45) is 0 Å². The number of fused-ring (bicyclic) bond motifs is 1. The Bertz CT molecular complexity index is 1310. The number of hydrogen-bond acceptors (Lipinski definition) is 7. The van der Waals surface area contributed by atoms with Crippen LogP contribution in [0.4, 0.5) is 5.69 Å². The number of nitrogens with one attached hydrogen (secondary N) is 3. The number of amides is 4. The van der Waals surface area contributed by atoms with E-state index in [-0.39, 0.29) is 28.9 Å². The zero-order chi connectivity index (χ0) is 25.9. The molecule has 190 valence electrons. The summed E-state index contributed by atoms with van der Waals surface area (Å²) in [6, 6.07) is 10.5. The van der Waals surface area contributed by atoms with Crippen molar-refractivity contribution in [3.8, 4) is 0 Å². The van der Waals surface area contributed by atoms with Crippen LogP contribution in [0.1, 0.15) is 52.8 Å². The molecule has 4 rings (SSSR count). The van der Waals surface area contributed by atoms with Crippen molar-refractivity contribution in [3.63, 3.8) is 0 Å². The summed E-state index contributed by atoms with van der Waals surface area (Å²) in [6.45, 7) is 0.823. The Morgan fingerprint density at radius 1 is 0.944 bits per heavy atom.